The number of benzene rings is 2. The van der Waals surface area contributed by atoms with E-state index in [1.54, 1.807) is 12.1 Å². The summed E-state index contributed by atoms with van der Waals surface area (Å²) in [4.78, 5) is 0. The van der Waals surface area contributed by atoms with Crippen LogP contribution < -0.4 is 4.73 Å². The lowest BCUT2D eigenvalue weighted by atomic mass is 10.0. The molecule has 2 aromatic carbocycles. The third kappa shape index (κ3) is 2.68. The zero-order valence-corrected chi connectivity index (χ0v) is 17.1. The summed E-state index contributed by atoms with van der Waals surface area (Å²) in [6.07, 6.45) is 1.46. The maximum atomic E-state index is 12.4. The third-order valence-corrected chi connectivity index (χ3v) is 5.76. The second kappa shape index (κ2) is 6.11. The van der Waals surface area contributed by atoms with Gasteiger partial charge in [-0.05, 0) is 71.4 Å². The van der Waals surface area contributed by atoms with Gasteiger partial charge in [-0.15, -0.1) is 0 Å². The Morgan fingerprint density at radius 2 is 1.68 bits per heavy atom. The summed E-state index contributed by atoms with van der Waals surface area (Å²) in [5.41, 5.74) is 1.06. The highest BCUT2D eigenvalue weighted by Crippen LogP contribution is 2.45. The van der Waals surface area contributed by atoms with Crippen LogP contribution in [-0.4, -0.2) is 5.11 Å². The minimum Gasteiger partial charge on any atom is -0.618 e. The van der Waals surface area contributed by atoms with Crippen LogP contribution >= 0.6 is 63.7 Å². The third-order valence-electron chi connectivity index (χ3n) is 3.26. The van der Waals surface area contributed by atoms with E-state index < -0.39 is 0 Å². The highest BCUT2D eigenvalue weighted by Gasteiger charge is 2.23. The van der Waals surface area contributed by atoms with Gasteiger partial charge in [-0.1, -0.05) is 22.0 Å². The fraction of sp³-hybridized carbons (Fsp3) is 0. The molecular weight excluding hydrogens is 546 g/mol. The number of halogens is 4. The van der Waals surface area contributed by atoms with Gasteiger partial charge in [0.15, 0.2) is 6.20 Å². The molecular formula is C15H7Br4NO2. The van der Waals surface area contributed by atoms with Crippen molar-refractivity contribution < 1.29 is 9.84 Å². The van der Waals surface area contributed by atoms with Gasteiger partial charge in [-0.2, -0.15) is 4.73 Å². The molecule has 0 aliphatic heterocycles. The molecule has 0 unspecified atom stereocenters. The normalized spacial score (nSPS) is 11.1. The molecule has 1 aromatic heterocycles. The molecule has 3 aromatic rings. The molecule has 0 fully saturated rings. The number of phenolic OH excluding ortho intramolecular Hbond substituents is 1. The monoisotopic (exact) mass is 549 g/mol. The Bertz CT molecular complexity index is 907. The van der Waals surface area contributed by atoms with E-state index in [0.717, 1.165) is 20.0 Å². The van der Waals surface area contributed by atoms with Crippen LogP contribution in [0, 0.1) is 5.21 Å². The Labute approximate surface area is 160 Å². The molecule has 0 saturated heterocycles. The Balaban J connectivity index is 2.48. The first kappa shape index (κ1) is 16.2. The average Bonchev–Trinajstić information content (AvgIpc) is 2.47. The number of pyridine rings is 1. The van der Waals surface area contributed by atoms with E-state index in [0.29, 0.717) is 24.7 Å². The summed E-state index contributed by atoms with van der Waals surface area (Å²) in [7, 11) is 0. The van der Waals surface area contributed by atoms with E-state index in [9.17, 15) is 10.3 Å². The van der Waals surface area contributed by atoms with Gasteiger partial charge in [-0.25, -0.2) is 0 Å². The zero-order valence-electron chi connectivity index (χ0n) is 10.8. The van der Waals surface area contributed by atoms with Crippen molar-refractivity contribution in [2.45, 2.75) is 0 Å². The van der Waals surface area contributed by atoms with E-state index in [2.05, 4.69) is 63.7 Å². The summed E-state index contributed by atoms with van der Waals surface area (Å²) in [5, 5.41) is 24.3. The number of phenols is 1. The minimum atomic E-state index is 0.0465. The van der Waals surface area contributed by atoms with Crippen LogP contribution in [-0.2, 0) is 0 Å². The van der Waals surface area contributed by atoms with Crippen molar-refractivity contribution in [3.8, 4) is 17.0 Å². The predicted octanol–water partition coefficient (Wildman–Crippen LogP) is 5.90. The van der Waals surface area contributed by atoms with Gasteiger partial charge in [-0.3, -0.25) is 0 Å². The molecule has 3 nitrogen and oxygen atoms in total. The smallest absolute Gasteiger partial charge is 0.234 e. The van der Waals surface area contributed by atoms with Crippen molar-refractivity contribution in [2.75, 3.05) is 0 Å². The summed E-state index contributed by atoms with van der Waals surface area (Å²) in [6, 6.07) is 9.22. The van der Waals surface area contributed by atoms with Gasteiger partial charge >= 0.3 is 0 Å². The van der Waals surface area contributed by atoms with E-state index in [1.165, 1.54) is 6.20 Å². The first-order valence-corrected chi connectivity index (χ1v) is 9.25. The molecule has 1 heterocycles. The average molecular weight is 553 g/mol. The van der Waals surface area contributed by atoms with Crippen LogP contribution in [0.25, 0.3) is 22.0 Å². The van der Waals surface area contributed by atoms with Gasteiger partial charge in [0.25, 0.3) is 0 Å². The first-order chi connectivity index (χ1) is 10.4. The highest BCUT2D eigenvalue weighted by atomic mass is 79.9. The quantitative estimate of drug-likeness (QED) is 0.302. The number of hydrogen-bond acceptors (Lipinski definition) is 2. The molecule has 0 aliphatic rings. The first-order valence-electron chi connectivity index (χ1n) is 6.08. The summed E-state index contributed by atoms with van der Waals surface area (Å²) in [6.45, 7) is 0. The number of aromatic nitrogens is 1. The molecule has 0 spiro atoms. The molecule has 0 atom stereocenters. The summed E-state index contributed by atoms with van der Waals surface area (Å²) in [5.74, 6) is 0.0465. The fourth-order valence-corrected chi connectivity index (χ4v) is 5.12. The number of hydrogen-bond donors (Lipinski definition) is 1. The number of fused-ring (bicyclic) bond motifs is 1. The largest absolute Gasteiger partial charge is 0.618 e. The maximum Gasteiger partial charge on any atom is 0.234 e. The van der Waals surface area contributed by atoms with Gasteiger partial charge in [0.1, 0.15) is 5.75 Å². The second-order valence-electron chi connectivity index (χ2n) is 4.60. The number of nitrogens with zero attached hydrogens (tertiary/aromatic N) is 1. The second-order valence-corrected chi connectivity index (χ2v) is 8.02. The molecule has 22 heavy (non-hydrogen) atoms. The highest BCUT2D eigenvalue weighted by molar-refractivity contribution is 9.12. The molecule has 0 radical (unpaired) electrons. The van der Waals surface area contributed by atoms with E-state index in [1.807, 2.05) is 18.2 Å². The van der Waals surface area contributed by atoms with Crippen molar-refractivity contribution in [1.29, 1.82) is 0 Å². The molecule has 1 N–H and O–H groups in total. The van der Waals surface area contributed by atoms with E-state index >= 15 is 0 Å². The lowest BCUT2D eigenvalue weighted by Crippen LogP contribution is -2.28. The Morgan fingerprint density at radius 1 is 0.955 bits per heavy atom. The van der Waals surface area contributed by atoms with Crippen LogP contribution in [0.4, 0.5) is 0 Å². The zero-order chi connectivity index (χ0) is 16.0. The molecule has 3 rings (SSSR count). The Kier molecular flexibility index (Phi) is 4.51. The minimum absolute atomic E-state index is 0.0465. The van der Waals surface area contributed by atoms with Crippen molar-refractivity contribution in [2.24, 2.45) is 0 Å². The van der Waals surface area contributed by atoms with Crippen LogP contribution in [0.5, 0.6) is 5.75 Å². The summed E-state index contributed by atoms with van der Waals surface area (Å²) >= 11 is 13.6. The predicted molar refractivity (Wildman–Crippen MR) is 101 cm³/mol. The van der Waals surface area contributed by atoms with E-state index in [-0.39, 0.29) is 5.75 Å². The van der Waals surface area contributed by atoms with Crippen molar-refractivity contribution in [3.63, 3.8) is 0 Å². The number of aromatic hydroxyl groups is 1. The lowest BCUT2D eigenvalue weighted by molar-refractivity contribution is -0.592. The van der Waals surface area contributed by atoms with Crippen LogP contribution in [0.3, 0.4) is 0 Å². The Hall–Kier alpha value is -0.630. The van der Waals surface area contributed by atoms with Gasteiger partial charge in [0, 0.05) is 15.0 Å². The number of rotatable bonds is 1. The molecule has 112 valence electrons. The van der Waals surface area contributed by atoms with Gasteiger partial charge in [0.05, 0.1) is 19.9 Å². The van der Waals surface area contributed by atoms with Crippen molar-refractivity contribution in [3.05, 3.63) is 59.6 Å². The Morgan fingerprint density at radius 3 is 2.41 bits per heavy atom. The maximum absolute atomic E-state index is 12.4. The van der Waals surface area contributed by atoms with Crippen LogP contribution in [0.15, 0.2) is 54.4 Å². The standard InChI is InChI=1S/C15H7Br4NO2/c16-8-2-1-7-3-4-20(22)14(9(7)5-8)12-10(17)6-11(18)15(21)13(12)19/h1-6,21H. The summed E-state index contributed by atoms with van der Waals surface area (Å²) < 4.78 is 3.36. The molecule has 0 amide bonds. The molecule has 0 saturated carbocycles. The van der Waals surface area contributed by atoms with E-state index in [4.69, 9.17) is 0 Å². The van der Waals surface area contributed by atoms with Gasteiger partial charge in [0.2, 0.25) is 5.69 Å². The lowest BCUT2D eigenvalue weighted by Gasteiger charge is -2.13. The topological polar surface area (TPSA) is 47.2 Å². The SMILES string of the molecule is [O-][n+]1ccc2ccc(Br)cc2c1-c1c(Br)cc(Br)c(O)c1Br. The molecule has 0 aliphatic carbocycles. The molecule has 7 heteroatoms. The fourth-order valence-electron chi connectivity index (χ4n) is 2.26. The van der Waals surface area contributed by atoms with Gasteiger partial charge < -0.3 is 10.3 Å². The van der Waals surface area contributed by atoms with Crippen LogP contribution in [0.1, 0.15) is 0 Å². The van der Waals surface area contributed by atoms with Crippen LogP contribution in [0.2, 0.25) is 0 Å². The van der Waals surface area contributed by atoms with Crippen molar-refractivity contribution in [1.82, 2.24) is 0 Å². The molecule has 0 bridgehead atoms. The van der Waals surface area contributed by atoms with Crippen molar-refractivity contribution >= 4 is 74.5 Å².